The molecule has 0 fully saturated rings. The summed E-state index contributed by atoms with van der Waals surface area (Å²) in [6, 6.07) is 11.1. The highest BCUT2D eigenvalue weighted by atomic mass is 127. The zero-order chi connectivity index (χ0) is 18.4. The van der Waals surface area contributed by atoms with E-state index in [0.717, 1.165) is 9.13 Å². The van der Waals surface area contributed by atoms with Crippen LogP contribution in [0.15, 0.2) is 42.0 Å². The van der Waals surface area contributed by atoms with E-state index in [-0.39, 0.29) is 18.0 Å². The van der Waals surface area contributed by atoms with Gasteiger partial charge in [0.05, 0.1) is 10.7 Å². The molecule has 0 heterocycles. The van der Waals surface area contributed by atoms with E-state index in [9.17, 15) is 9.18 Å². The third-order valence-electron chi connectivity index (χ3n) is 3.25. The van der Waals surface area contributed by atoms with Crippen LogP contribution in [0.3, 0.4) is 0 Å². The summed E-state index contributed by atoms with van der Waals surface area (Å²) in [6.45, 7) is 0.243. The number of hydrogen-bond donors (Lipinski definition) is 1. The Morgan fingerprint density at radius 2 is 2.04 bits per heavy atom. The van der Waals surface area contributed by atoms with E-state index < -0.39 is 5.91 Å². The van der Waals surface area contributed by atoms with Gasteiger partial charge in [0.1, 0.15) is 24.1 Å². The number of carbonyl (C=O) groups excluding carboxylic acids is 1. The van der Waals surface area contributed by atoms with Crippen LogP contribution in [-0.4, -0.2) is 13.0 Å². The Morgan fingerprint density at radius 3 is 2.60 bits per heavy atom. The van der Waals surface area contributed by atoms with Crippen LogP contribution in [-0.2, 0) is 11.4 Å². The highest BCUT2D eigenvalue weighted by Crippen LogP contribution is 2.35. The molecule has 25 heavy (non-hydrogen) atoms. The minimum absolute atomic E-state index is 0.155. The van der Waals surface area contributed by atoms with Gasteiger partial charge in [0, 0.05) is 0 Å². The molecule has 0 saturated carbocycles. The maximum Gasteiger partial charge on any atom is 0.259 e. The molecule has 2 N–H and O–H groups in total. The maximum absolute atomic E-state index is 12.9. The fourth-order valence-electron chi connectivity index (χ4n) is 2.02. The summed E-state index contributed by atoms with van der Waals surface area (Å²) in [5, 5.41) is 8.93. The molecule has 0 bridgehead atoms. The van der Waals surface area contributed by atoms with E-state index in [1.54, 1.807) is 30.3 Å². The van der Waals surface area contributed by atoms with Crippen molar-refractivity contribution in [2.45, 2.75) is 6.61 Å². The molecule has 0 aliphatic carbocycles. The molecular weight excluding hydrogens is 438 g/mol. The summed E-state index contributed by atoms with van der Waals surface area (Å²) < 4.78 is 24.8. The van der Waals surface area contributed by atoms with E-state index in [2.05, 4.69) is 22.6 Å². The van der Waals surface area contributed by atoms with E-state index in [1.807, 2.05) is 0 Å². The monoisotopic (exact) mass is 452 g/mol. The average molecular weight is 452 g/mol. The largest absolute Gasteiger partial charge is 0.493 e. The van der Waals surface area contributed by atoms with Crippen LogP contribution in [0.5, 0.6) is 11.5 Å². The smallest absolute Gasteiger partial charge is 0.259 e. The molecular formula is C18H14FIN2O3. The van der Waals surface area contributed by atoms with Crippen molar-refractivity contribution in [3.8, 4) is 17.6 Å². The number of methoxy groups -OCH3 is 1. The first-order valence-corrected chi connectivity index (χ1v) is 8.19. The van der Waals surface area contributed by atoms with Crippen LogP contribution < -0.4 is 15.2 Å². The highest BCUT2D eigenvalue weighted by Gasteiger charge is 2.13. The molecule has 2 rings (SSSR count). The topological polar surface area (TPSA) is 85.3 Å². The molecule has 0 unspecified atom stereocenters. The minimum atomic E-state index is -0.798. The third kappa shape index (κ3) is 4.93. The Bertz CT molecular complexity index is 858. The summed E-state index contributed by atoms with van der Waals surface area (Å²) in [4.78, 5) is 11.2. The van der Waals surface area contributed by atoms with Gasteiger partial charge in [-0.2, -0.15) is 5.26 Å². The number of halogens is 2. The van der Waals surface area contributed by atoms with Crippen LogP contribution in [0.25, 0.3) is 6.08 Å². The van der Waals surface area contributed by atoms with Crippen molar-refractivity contribution in [3.63, 3.8) is 0 Å². The lowest BCUT2D eigenvalue weighted by molar-refractivity contribution is -0.114. The van der Waals surface area contributed by atoms with Gasteiger partial charge in [0.25, 0.3) is 5.91 Å². The average Bonchev–Trinajstić information content (AvgIpc) is 2.59. The molecule has 0 aliphatic rings. The molecule has 2 aromatic rings. The molecule has 0 atom stereocenters. The SMILES string of the molecule is COc1cc(/C=C(/C#N)C(N)=O)cc(I)c1OCc1ccc(F)cc1. The lowest BCUT2D eigenvalue weighted by Gasteiger charge is -2.14. The van der Waals surface area contributed by atoms with Crippen LogP contribution in [0.1, 0.15) is 11.1 Å². The second kappa shape index (κ2) is 8.48. The van der Waals surface area contributed by atoms with Crippen molar-refractivity contribution >= 4 is 34.6 Å². The number of hydrogen-bond acceptors (Lipinski definition) is 4. The first-order chi connectivity index (χ1) is 11.9. The standard InChI is InChI=1S/C18H14FIN2O3/c1-24-16-8-12(6-13(9-21)18(22)23)7-15(20)17(16)25-10-11-2-4-14(19)5-3-11/h2-8H,10H2,1H3,(H2,22,23)/b13-6-. The Hall–Kier alpha value is -2.60. The maximum atomic E-state index is 12.9. The third-order valence-corrected chi connectivity index (χ3v) is 4.05. The van der Waals surface area contributed by atoms with Crippen molar-refractivity contribution < 1.29 is 18.7 Å². The highest BCUT2D eigenvalue weighted by molar-refractivity contribution is 14.1. The molecule has 2 aromatic carbocycles. The zero-order valence-electron chi connectivity index (χ0n) is 13.3. The number of nitrogens with two attached hydrogens (primary N) is 1. The quantitative estimate of drug-likeness (QED) is 0.414. The van der Waals surface area contributed by atoms with Crippen molar-refractivity contribution in [1.29, 1.82) is 5.26 Å². The summed E-state index contributed by atoms with van der Waals surface area (Å²) in [5.41, 5.74) is 6.38. The van der Waals surface area contributed by atoms with E-state index in [4.69, 9.17) is 20.5 Å². The van der Waals surface area contributed by atoms with Gasteiger partial charge in [-0.1, -0.05) is 12.1 Å². The number of ether oxygens (including phenoxy) is 2. The van der Waals surface area contributed by atoms with Crippen molar-refractivity contribution in [1.82, 2.24) is 0 Å². The number of amides is 1. The predicted molar refractivity (Wildman–Crippen MR) is 99.2 cm³/mol. The zero-order valence-corrected chi connectivity index (χ0v) is 15.4. The van der Waals surface area contributed by atoms with Gasteiger partial charge in [-0.25, -0.2) is 4.39 Å². The minimum Gasteiger partial charge on any atom is -0.493 e. The number of carbonyl (C=O) groups is 1. The summed E-state index contributed by atoms with van der Waals surface area (Å²) in [6.07, 6.45) is 1.39. The Morgan fingerprint density at radius 1 is 1.36 bits per heavy atom. The Kier molecular flexibility index (Phi) is 6.36. The number of primary amides is 1. The predicted octanol–water partition coefficient (Wildman–Crippen LogP) is 3.41. The van der Waals surface area contributed by atoms with E-state index in [1.165, 1.54) is 25.3 Å². The Balaban J connectivity index is 2.29. The number of rotatable bonds is 6. The van der Waals surface area contributed by atoms with Crippen LogP contribution in [0, 0.1) is 20.7 Å². The second-order valence-electron chi connectivity index (χ2n) is 4.98. The van der Waals surface area contributed by atoms with Gasteiger partial charge in [-0.15, -0.1) is 0 Å². The van der Waals surface area contributed by atoms with Gasteiger partial charge < -0.3 is 15.2 Å². The molecule has 0 radical (unpaired) electrons. The molecule has 0 aromatic heterocycles. The normalized spacial score (nSPS) is 10.9. The van der Waals surface area contributed by atoms with Crippen molar-refractivity contribution in [2.24, 2.45) is 5.73 Å². The van der Waals surface area contributed by atoms with Crippen LogP contribution >= 0.6 is 22.6 Å². The van der Waals surface area contributed by atoms with E-state index >= 15 is 0 Å². The fourth-order valence-corrected chi connectivity index (χ4v) is 2.81. The number of nitrogens with zero attached hydrogens (tertiary/aromatic N) is 1. The lowest BCUT2D eigenvalue weighted by Crippen LogP contribution is -2.12. The molecule has 1 amide bonds. The van der Waals surface area contributed by atoms with Crippen molar-refractivity contribution in [2.75, 3.05) is 7.11 Å². The van der Waals surface area contributed by atoms with Crippen molar-refractivity contribution in [3.05, 3.63) is 62.5 Å². The number of benzene rings is 2. The van der Waals surface area contributed by atoms with Gasteiger partial charge in [-0.3, -0.25) is 4.79 Å². The van der Waals surface area contributed by atoms with Crippen LogP contribution in [0.2, 0.25) is 0 Å². The number of nitriles is 1. The summed E-state index contributed by atoms with van der Waals surface area (Å²) in [5.74, 6) is -0.146. The van der Waals surface area contributed by atoms with Crippen LogP contribution in [0.4, 0.5) is 4.39 Å². The Labute approximate surface area is 158 Å². The summed E-state index contributed by atoms with van der Waals surface area (Å²) in [7, 11) is 1.49. The fraction of sp³-hybridized carbons (Fsp3) is 0.111. The molecule has 0 aliphatic heterocycles. The van der Waals surface area contributed by atoms with Gasteiger partial charge in [0.2, 0.25) is 0 Å². The first-order valence-electron chi connectivity index (χ1n) is 7.11. The van der Waals surface area contributed by atoms with Gasteiger partial charge >= 0.3 is 0 Å². The second-order valence-corrected chi connectivity index (χ2v) is 6.15. The first kappa shape index (κ1) is 18.7. The molecule has 5 nitrogen and oxygen atoms in total. The molecule has 0 spiro atoms. The molecule has 0 saturated heterocycles. The molecule has 7 heteroatoms. The summed E-state index contributed by atoms with van der Waals surface area (Å²) >= 11 is 2.07. The lowest BCUT2D eigenvalue weighted by atomic mass is 10.1. The van der Waals surface area contributed by atoms with Gasteiger partial charge in [-0.05, 0) is 64.1 Å². The van der Waals surface area contributed by atoms with E-state index in [0.29, 0.717) is 17.1 Å². The molecule has 128 valence electrons. The van der Waals surface area contributed by atoms with Gasteiger partial charge in [0.15, 0.2) is 11.5 Å².